The van der Waals surface area contributed by atoms with Gasteiger partial charge in [-0.1, -0.05) is 6.92 Å². The summed E-state index contributed by atoms with van der Waals surface area (Å²) in [6.07, 6.45) is 7.16. The maximum Gasteiger partial charge on any atom is 0.164 e. The SMILES string of the molecule is C[C@H]1CCc2c(sc3nc(-c4cccnc4)nc(NCCN4CCOCC4)c23)C1. The van der Waals surface area contributed by atoms with Crippen molar-refractivity contribution in [3.63, 3.8) is 0 Å². The Labute approximate surface area is 175 Å². The zero-order chi connectivity index (χ0) is 19.6. The monoisotopic (exact) mass is 409 g/mol. The summed E-state index contributed by atoms with van der Waals surface area (Å²) in [4.78, 5) is 19.2. The molecule has 0 bridgehead atoms. The first-order chi connectivity index (χ1) is 14.3. The van der Waals surface area contributed by atoms with Crippen molar-refractivity contribution in [2.75, 3.05) is 44.7 Å². The van der Waals surface area contributed by atoms with Gasteiger partial charge in [-0.2, -0.15) is 0 Å². The number of fused-ring (bicyclic) bond motifs is 3. The number of ether oxygens (including phenoxy) is 1. The molecule has 1 N–H and O–H groups in total. The molecule has 5 rings (SSSR count). The molecule has 0 radical (unpaired) electrons. The van der Waals surface area contributed by atoms with E-state index in [1.54, 1.807) is 6.20 Å². The topological polar surface area (TPSA) is 63.2 Å². The van der Waals surface area contributed by atoms with Gasteiger partial charge in [0.25, 0.3) is 0 Å². The van der Waals surface area contributed by atoms with E-state index in [1.165, 1.54) is 22.2 Å². The number of nitrogens with zero attached hydrogens (tertiary/aromatic N) is 4. The summed E-state index contributed by atoms with van der Waals surface area (Å²) < 4.78 is 5.46. The first kappa shape index (κ1) is 18.9. The number of hydrogen-bond donors (Lipinski definition) is 1. The molecule has 1 saturated heterocycles. The molecule has 0 aromatic carbocycles. The number of morpholine rings is 1. The molecule has 1 atom stereocenters. The van der Waals surface area contributed by atoms with Crippen LogP contribution < -0.4 is 5.32 Å². The third-order valence-corrected chi connectivity index (χ3v) is 7.05. The number of anilines is 1. The molecule has 6 nitrogen and oxygen atoms in total. The molecular weight excluding hydrogens is 382 g/mol. The lowest BCUT2D eigenvalue weighted by atomic mass is 9.89. The van der Waals surface area contributed by atoms with Gasteiger partial charge in [0.1, 0.15) is 10.6 Å². The minimum absolute atomic E-state index is 0.749. The molecule has 152 valence electrons. The highest BCUT2D eigenvalue weighted by molar-refractivity contribution is 7.19. The molecule has 3 aromatic heterocycles. The van der Waals surface area contributed by atoms with Crippen LogP contribution >= 0.6 is 11.3 Å². The number of nitrogens with one attached hydrogen (secondary N) is 1. The highest BCUT2D eigenvalue weighted by Gasteiger charge is 2.24. The van der Waals surface area contributed by atoms with Crippen LogP contribution in [-0.2, 0) is 17.6 Å². The van der Waals surface area contributed by atoms with Gasteiger partial charge in [-0.05, 0) is 42.9 Å². The van der Waals surface area contributed by atoms with E-state index in [-0.39, 0.29) is 0 Å². The Hall–Kier alpha value is -2.09. The predicted molar refractivity (Wildman–Crippen MR) is 118 cm³/mol. The van der Waals surface area contributed by atoms with Crippen molar-refractivity contribution >= 4 is 27.4 Å². The van der Waals surface area contributed by atoms with Crippen LogP contribution in [0, 0.1) is 5.92 Å². The fourth-order valence-corrected chi connectivity index (χ4v) is 5.63. The summed E-state index contributed by atoms with van der Waals surface area (Å²) in [7, 11) is 0. The second-order valence-electron chi connectivity index (χ2n) is 8.05. The highest BCUT2D eigenvalue weighted by Crippen LogP contribution is 2.40. The minimum atomic E-state index is 0.749. The Kier molecular flexibility index (Phi) is 5.44. The van der Waals surface area contributed by atoms with Gasteiger partial charge in [0, 0.05) is 49.0 Å². The molecule has 0 amide bonds. The maximum absolute atomic E-state index is 5.46. The summed E-state index contributed by atoms with van der Waals surface area (Å²) >= 11 is 1.85. The van der Waals surface area contributed by atoms with Crippen LogP contribution in [0.1, 0.15) is 23.8 Å². The van der Waals surface area contributed by atoms with Crippen LogP contribution in [-0.4, -0.2) is 59.2 Å². The quantitative estimate of drug-likeness (QED) is 0.694. The molecule has 4 heterocycles. The summed E-state index contributed by atoms with van der Waals surface area (Å²) in [5.41, 5.74) is 2.43. The number of hydrogen-bond acceptors (Lipinski definition) is 7. The van der Waals surface area contributed by atoms with Gasteiger partial charge < -0.3 is 10.1 Å². The van der Waals surface area contributed by atoms with Crippen molar-refractivity contribution in [3.8, 4) is 11.4 Å². The van der Waals surface area contributed by atoms with E-state index in [0.717, 1.165) is 80.2 Å². The van der Waals surface area contributed by atoms with Gasteiger partial charge in [0.15, 0.2) is 5.82 Å². The average Bonchev–Trinajstić information content (AvgIpc) is 3.12. The first-order valence-electron chi connectivity index (χ1n) is 10.5. The second kappa shape index (κ2) is 8.34. The van der Waals surface area contributed by atoms with E-state index in [0.29, 0.717) is 0 Å². The average molecular weight is 410 g/mol. The summed E-state index contributed by atoms with van der Waals surface area (Å²) in [6.45, 7) is 7.90. The smallest absolute Gasteiger partial charge is 0.164 e. The molecule has 1 aliphatic carbocycles. The van der Waals surface area contributed by atoms with Crippen molar-refractivity contribution in [2.24, 2.45) is 5.92 Å². The van der Waals surface area contributed by atoms with Gasteiger partial charge in [-0.25, -0.2) is 9.97 Å². The van der Waals surface area contributed by atoms with Crippen LogP contribution in [0.15, 0.2) is 24.5 Å². The fraction of sp³-hybridized carbons (Fsp3) is 0.500. The second-order valence-corrected chi connectivity index (χ2v) is 9.13. The van der Waals surface area contributed by atoms with Crippen LogP contribution in [0.4, 0.5) is 5.82 Å². The van der Waals surface area contributed by atoms with Crippen molar-refractivity contribution in [1.82, 2.24) is 19.9 Å². The largest absolute Gasteiger partial charge is 0.379 e. The van der Waals surface area contributed by atoms with Gasteiger partial charge in [0.05, 0.1) is 18.6 Å². The van der Waals surface area contributed by atoms with Gasteiger partial charge in [0.2, 0.25) is 0 Å². The van der Waals surface area contributed by atoms with Crippen LogP contribution in [0.2, 0.25) is 0 Å². The Bertz CT molecular complexity index is 984. The lowest BCUT2D eigenvalue weighted by Crippen LogP contribution is -2.39. The molecule has 2 aliphatic rings. The normalized spacial score (nSPS) is 20.0. The number of thiophene rings is 1. The summed E-state index contributed by atoms with van der Waals surface area (Å²) in [6, 6.07) is 3.97. The third kappa shape index (κ3) is 3.99. The molecule has 1 fully saturated rings. The first-order valence-corrected chi connectivity index (χ1v) is 11.4. The Balaban J connectivity index is 1.48. The Morgan fingerprint density at radius 1 is 1.28 bits per heavy atom. The molecule has 7 heteroatoms. The number of rotatable bonds is 5. The maximum atomic E-state index is 5.46. The lowest BCUT2D eigenvalue weighted by Gasteiger charge is -2.26. The standard InChI is InChI=1S/C22H27N5OS/c1-15-4-5-17-18(13-15)29-22-19(17)21(24-7-8-27-9-11-28-12-10-27)25-20(26-22)16-3-2-6-23-14-16/h2-3,6,14-15H,4-5,7-13H2,1H3,(H,24,25,26)/t15-/m0/s1. The zero-order valence-corrected chi connectivity index (χ0v) is 17.7. The number of pyridine rings is 1. The van der Waals surface area contributed by atoms with Gasteiger partial charge in [-0.15, -0.1) is 11.3 Å². The van der Waals surface area contributed by atoms with E-state index in [2.05, 4.69) is 22.1 Å². The molecule has 0 saturated carbocycles. The predicted octanol–water partition coefficient (Wildman–Crippen LogP) is 3.62. The fourth-order valence-electron chi connectivity index (χ4n) is 4.25. The van der Waals surface area contributed by atoms with Crippen molar-refractivity contribution in [3.05, 3.63) is 35.0 Å². The van der Waals surface area contributed by atoms with E-state index >= 15 is 0 Å². The van der Waals surface area contributed by atoms with Crippen LogP contribution in [0.3, 0.4) is 0 Å². The third-order valence-electron chi connectivity index (χ3n) is 5.90. The van der Waals surface area contributed by atoms with Gasteiger partial charge >= 0.3 is 0 Å². The highest BCUT2D eigenvalue weighted by atomic mass is 32.1. The Morgan fingerprint density at radius 2 is 2.17 bits per heavy atom. The van der Waals surface area contributed by atoms with E-state index < -0.39 is 0 Å². The van der Waals surface area contributed by atoms with Crippen molar-refractivity contribution in [1.29, 1.82) is 0 Å². The van der Waals surface area contributed by atoms with Crippen LogP contribution in [0.5, 0.6) is 0 Å². The van der Waals surface area contributed by atoms with E-state index in [9.17, 15) is 0 Å². The van der Waals surface area contributed by atoms with E-state index in [4.69, 9.17) is 14.7 Å². The molecule has 0 unspecified atom stereocenters. The van der Waals surface area contributed by atoms with Crippen LogP contribution in [0.25, 0.3) is 21.6 Å². The molecule has 1 aliphatic heterocycles. The number of aromatic nitrogens is 3. The zero-order valence-electron chi connectivity index (χ0n) is 16.9. The van der Waals surface area contributed by atoms with E-state index in [1.807, 2.05) is 29.7 Å². The molecule has 0 spiro atoms. The summed E-state index contributed by atoms with van der Waals surface area (Å²) in [5, 5.41) is 4.89. The number of aryl methyl sites for hydroxylation is 1. The molecule has 29 heavy (non-hydrogen) atoms. The van der Waals surface area contributed by atoms with Crippen molar-refractivity contribution in [2.45, 2.75) is 26.2 Å². The van der Waals surface area contributed by atoms with Crippen molar-refractivity contribution < 1.29 is 4.74 Å². The molecule has 3 aromatic rings. The Morgan fingerprint density at radius 3 is 3.00 bits per heavy atom. The lowest BCUT2D eigenvalue weighted by molar-refractivity contribution is 0.0398. The minimum Gasteiger partial charge on any atom is -0.379 e. The molecular formula is C22H27N5OS. The van der Waals surface area contributed by atoms with Gasteiger partial charge in [-0.3, -0.25) is 9.88 Å². The summed E-state index contributed by atoms with van der Waals surface area (Å²) in [5.74, 6) is 2.49.